The number of anilines is 1. The third-order valence-electron chi connectivity index (χ3n) is 4.78. The van der Waals surface area contributed by atoms with Gasteiger partial charge in [0.25, 0.3) is 5.91 Å². The third-order valence-corrected chi connectivity index (χ3v) is 4.78. The summed E-state index contributed by atoms with van der Waals surface area (Å²) in [4.78, 5) is 18.0. The maximum Gasteiger partial charge on any atom is 0.277 e. The van der Waals surface area contributed by atoms with Crippen molar-refractivity contribution in [3.63, 3.8) is 0 Å². The van der Waals surface area contributed by atoms with Crippen molar-refractivity contribution in [3.05, 3.63) is 47.9 Å². The number of likely N-dealkylation sites (N-methyl/N-ethyl adjacent to an activating group) is 1. The highest BCUT2D eigenvalue weighted by Crippen LogP contribution is 2.28. The van der Waals surface area contributed by atoms with E-state index in [0.29, 0.717) is 6.54 Å². The van der Waals surface area contributed by atoms with Gasteiger partial charge in [-0.2, -0.15) is 0 Å². The highest BCUT2D eigenvalue weighted by Gasteiger charge is 2.25. The van der Waals surface area contributed by atoms with Gasteiger partial charge >= 0.3 is 0 Å². The van der Waals surface area contributed by atoms with Crippen molar-refractivity contribution >= 4 is 11.6 Å². The minimum Gasteiger partial charge on any atom is -0.495 e. The van der Waals surface area contributed by atoms with Gasteiger partial charge in [-0.1, -0.05) is 12.1 Å². The summed E-state index contributed by atoms with van der Waals surface area (Å²) in [5.74, 6) is 2.91. The van der Waals surface area contributed by atoms with E-state index in [1.807, 2.05) is 49.2 Å². The molecule has 1 aromatic heterocycles. The van der Waals surface area contributed by atoms with Gasteiger partial charge in [0.05, 0.1) is 19.8 Å². The van der Waals surface area contributed by atoms with Crippen molar-refractivity contribution in [2.75, 3.05) is 51.8 Å². The van der Waals surface area contributed by atoms with E-state index < -0.39 is 0 Å². The van der Waals surface area contributed by atoms with Crippen LogP contribution < -0.4 is 14.5 Å². The summed E-state index contributed by atoms with van der Waals surface area (Å²) in [7, 11) is 3.72. The van der Waals surface area contributed by atoms with Crippen LogP contribution in [-0.2, 0) is 11.3 Å². The van der Waals surface area contributed by atoms with E-state index >= 15 is 0 Å². The zero-order valence-electron chi connectivity index (χ0n) is 15.8. The van der Waals surface area contributed by atoms with E-state index in [2.05, 4.69) is 11.0 Å². The molecule has 1 aliphatic rings. The molecule has 0 aliphatic carbocycles. The number of quaternary nitrogens is 1. The number of hydrogen-bond donors (Lipinski definition) is 1. The standard InChI is InChI=1S/C20H27N3O3/c1-16-8-9-17(26-16)14-21(2)15-20(24)23-12-10-22(11-13-23)18-6-4-5-7-19(18)25-3/h4-9H,10-15H2,1-3H3/p+1. The number of carbonyl (C=O) groups is 1. The SMILES string of the molecule is COc1ccccc1N1CCN(C(=O)C[NH+](C)Cc2ccc(C)o2)CC1. The Kier molecular flexibility index (Phi) is 5.83. The van der Waals surface area contributed by atoms with E-state index in [4.69, 9.17) is 9.15 Å². The molecule has 1 N–H and O–H groups in total. The Morgan fingerprint density at radius 2 is 1.88 bits per heavy atom. The second-order valence-corrected chi connectivity index (χ2v) is 6.86. The molecule has 140 valence electrons. The van der Waals surface area contributed by atoms with E-state index in [0.717, 1.165) is 60.6 Å². The summed E-state index contributed by atoms with van der Waals surface area (Å²) in [6.07, 6.45) is 0. The van der Waals surface area contributed by atoms with Gasteiger partial charge in [-0.25, -0.2) is 0 Å². The third kappa shape index (κ3) is 4.38. The number of carbonyl (C=O) groups excluding carboxylic acids is 1. The Bertz CT molecular complexity index is 735. The number of ether oxygens (including phenoxy) is 1. The fourth-order valence-electron chi connectivity index (χ4n) is 3.40. The van der Waals surface area contributed by atoms with Crippen LogP contribution in [0.4, 0.5) is 5.69 Å². The molecule has 1 aliphatic heterocycles. The normalized spacial score (nSPS) is 15.8. The lowest BCUT2D eigenvalue weighted by molar-refractivity contribution is -0.886. The average molecular weight is 358 g/mol. The van der Waals surface area contributed by atoms with Crippen LogP contribution in [0, 0.1) is 6.92 Å². The molecule has 1 aromatic carbocycles. The van der Waals surface area contributed by atoms with E-state index in [1.165, 1.54) is 0 Å². The molecule has 1 fully saturated rings. The lowest BCUT2D eigenvalue weighted by Crippen LogP contribution is -3.08. The highest BCUT2D eigenvalue weighted by molar-refractivity contribution is 5.77. The molecule has 0 radical (unpaired) electrons. The summed E-state index contributed by atoms with van der Waals surface area (Å²) < 4.78 is 11.1. The molecule has 0 spiro atoms. The Morgan fingerprint density at radius 3 is 2.54 bits per heavy atom. The summed E-state index contributed by atoms with van der Waals surface area (Å²) >= 11 is 0. The fourth-order valence-corrected chi connectivity index (χ4v) is 3.40. The molecular weight excluding hydrogens is 330 g/mol. The number of aryl methyl sites for hydroxylation is 1. The Morgan fingerprint density at radius 1 is 1.15 bits per heavy atom. The molecule has 2 aromatic rings. The minimum atomic E-state index is 0.199. The summed E-state index contributed by atoms with van der Waals surface area (Å²) in [5.41, 5.74) is 1.10. The molecule has 0 bridgehead atoms. The van der Waals surface area contributed by atoms with Gasteiger partial charge in [0, 0.05) is 26.2 Å². The summed E-state index contributed by atoms with van der Waals surface area (Å²) in [6, 6.07) is 12.0. The van der Waals surface area contributed by atoms with E-state index in [1.54, 1.807) is 7.11 Å². The first-order chi connectivity index (χ1) is 12.6. The van der Waals surface area contributed by atoms with Crippen molar-refractivity contribution in [2.24, 2.45) is 0 Å². The number of para-hydroxylation sites is 2. The van der Waals surface area contributed by atoms with Crippen LogP contribution in [0.3, 0.4) is 0 Å². The number of hydrogen-bond acceptors (Lipinski definition) is 4. The quantitative estimate of drug-likeness (QED) is 0.836. The van der Waals surface area contributed by atoms with Gasteiger partial charge in [-0.05, 0) is 31.2 Å². The first-order valence-corrected chi connectivity index (χ1v) is 9.09. The molecular formula is C20H28N3O3+. The molecule has 1 amide bonds. The number of furan rings is 1. The zero-order valence-corrected chi connectivity index (χ0v) is 15.8. The van der Waals surface area contributed by atoms with Crippen LogP contribution >= 0.6 is 0 Å². The summed E-state index contributed by atoms with van der Waals surface area (Å²) in [5, 5.41) is 0. The zero-order chi connectivity index (χ0) is 18.5. The molecule has 1 saturated heterocycles. The van der Waals surface area contributed by atoms with E-state index in [-0.39, 0.29) is 5.91 Å². The molecule has 6 nitrogen and oxygen atoms in total. The number of nitrogens with one attached hydrogen (secondary N) is 1. The van der Waals surface area contributed by atoms with Gasteiger partial charge < -0.3 is 23.9 Å². The monoisotopic (exact) mass is 358 g/mol. The maximum absolute atomic E-state index is 12.6. The summed E-state index contributed by atoms with van der Waals surface area (Å²) in [6.45, 7) is 6.26. The molecule has 1 atom stereocenters. The second-order valence-electron chi connectivity index (χ2n) is 6.86. The van der Waals surface area contributed by atoms with Gasteiger partial charge in [-0.15, -0.1) is 0 Å². The van der Waals surface area contributed by atoms with Crippen molar-refractivity contribution in [1.82, 2.24) is 4.90 Å². The maximum atomic E-state index is 12.6. The Hall–Kier alpha value is -2.47. The number of methoxy groups -OCH3 is 1. The van der Waals surface area contributed by atoms with Crippen molar-refractivity contribution < 1.29 is 18.8 Å². The lowest BCUT2D eigenvalue weighted by atomic mass is 10.2. The van der Waals surface area contributed by atoms with Crippen LogP contribution in [0.2, 0.25) is 0 Å². The van der Waals surface area contributed by atoms with Crippen LogP contribution in [0.1, 0.15) is 11.5 Å². The molecule has 6 heteroatoms. The molecule has 0 saturated carbocycles. The minimum absolute atomic E-state index is 0.199. The molecule has 1 unspecified atom stereocenters. The van der Waals surface area contributed by atoms with Crippen LogP contribution in [0.5, 0.6) is 5.75 Å². The predicted molar refractivity (Wildman–Crippen MR) is 101 cm³/mol. The van der Waals surface area contributed by atoms with Gasteiger partial charge in [0.1, 0.15) is 18.1 Å². The predicted octanol–water partition coefficient (Wildman–Crippen LogP) is 0.960. The van der Waals surface area contributed by atoms with Crippen molar-refractivity contribution in [3.8, 4) is 5.75 Å². The largest absolute Gasteiger partial charge is 0.495 e. The van der Waals surface area contributed by atoms with Crippen LogP contribution in [0.15, 0.2) is 40.8 Å². The van der Waals surface area contributed by atoms with Gasteiger partial charge in [-0.3, -0.25) is 4.79 Å². The molecule has 3 rings (SSSR count). The van der Waals surface area contributed by atoms with Crippen LogP contribution in [0.25, 0.3) is 0 Å². The van der Waals surface area contributed by atoms with Gasteiger partial charge in [0.15, 0.2) is 12.3 Å². The van der Waals surface area contributed by atoms with Crippen molar-refractivity contribution in [2.45, 2.75) is 13.5 Å². The molecule has 26 heavy (non-hydrogen) atoms. The number of nitrogens with zero attached hydrogens (tertiary/aromatic N) is 2. The van der Waals surface area contributed by atoms with Gasteiger partial charge in [0.2, 0.25) is 0 Å². The number of rotatable bonds is 6. The number of piperazine rings is 1. The molecule has 2 heterocycles. The van der Waals surface area contributed by atoms with E-state index in [9.17, 15) is 4.79 Å². The fraction of sp³-hybridized carbons (Fsp3) is 0.450. The topological polar surface area (TPSA) is 50.4 Å². The number of amides is 1. The van der Waals surface area contributed by atoms with Crippen LogP contribution in [-0.4, -0.2) is 57.7 Å². The van der Waals surface area contributed by atoms with Crippen molar-refractivity contribution in [1.29, 1.82) is 0 Å². The smallest absolute Gasteiger partial charge is 0.277 e. The number of benzene rings is 1. The Balaban J connectivity index is 1.50. The average Bonchev–Trinajstić information content (AvgIpc) is 3.06. The highest BCUT2D eigenvalue weighted by atomic mass is 16.5. The first-order valence-electron chi connectivity index (χ1n) is 9.09. The Labute approximate surface area is 154 Å². The first kappa shape index (κ1) is 18.3. The lowest BCUT2D eigenvalue weighted by Gasteiger charge is -2.36. The second kappa shape index (κ2) is 8.27.